The fraction of sp³-hybridized carbons (Fsp3) is 0.184. The fourth-order valence-electron chi connectivity index (χ4n) is 8.90. The maximum atomic E-state index is 16.1. The van der Waals surface area contributed by atoms with Gasteiger partial charge in [0, 0.05) is 0 Å². The third-order valence-electron chi connectivity index (χ3n) is 12.1. The number of carbonyl (C=O) groups is 3. The molecule has 6 aromatic rings. The van der Waals surface area contributed by atoms with Crippen molar-refractivity contribution in [1.29, 1.82) is 0 Å². The number of hydrogen-bond acceptors (Lipinski definition) is 11. The van der Waals surface area contributed by atoms with Crippen molar-refractivity contribution in [3.63, 3.8) is 0 Å². The fourth-order valence-corrected chi connectivity index (χ4v) is 15.3. The van der Waals surface area contributed by atoms with Crippen LogP contribution in [0.3, 0.4) is 0 Å². The molecule has 15 heteroatoms. The molecule has 6 aromatic carbocycles. The van der Waals surface area contributed by atoms with Crippen LogP contribution in [0, 0.1) is 26.1 Å². The molecule has 326 valence electrons. The first-order valence-electron chi connectivity index (χ1n) is 20.3. The summed E-state index contributed by atoms with van der Waals surface area (Å²) in [5.41, 5.74) is -1.26. The Labute approximate surface area is 374 Å². The molecule has 7 rings (SSSR count). The van der Waals surface area contributed by atoms with Gasteiger partial charge in [-0.05, 0) is 0 Å². The molecule has 0 aromatic heterocycles. The first-order chi connectivity index (χ1) is 30.8. The predicted molar refractivity (Wildman–Crippen MR) is 249 cm³/mol. The Bertz CT molecular complexity index is 2610. The van der Waals surface area contributed by atoms with Crippen molar-refractivity contribution in [2.75, 3.05) is 6.29 Å². The van der Waals surface area contributed by atoms with Crippen LogP contribution in [-0.4, -0.2) is 55.3 Å². The van der Waals surface area contributed by atoms with Crippen LogP contribution in [0.1, 0.15) is 37.0 Å². The molecule has 0 aliphatic carbocycles. The minimum atomic E-state index is -4.84. The summed E-state index contributed by atoms with van der Waals surface area (Å²) in [6.07, 6.45) is -2.36. The molecule has 1 aliphatic heterocycles. The molecule has 2 unspecified atom stereocenters. The minimum absolute atomic E-state index is 0.109. The van der Waals surface area contributed by atoms with Crippen molar-refractivity contribution in [3.8, 4) is 0 Å². The number of ether oxygens (including phenoxy) is 3. The Morgan fingerprint density at radius 2 is 1.08 bits per heavy atom. The third-order valence-corrected chi connectivity index (χ3v) is 18.5. The number of nitrogens with zero attached hydrogens (tertiary/aromatic N) is 3. The average molecular weight is 898 g/mol. The zero-order valence-corrected chi connectivity index (χ0v) is 36.6. The van der Waals surface area contributed by atoms with Gasteiger partial charge in [0.05, 0.1) is 0 Å². The molecule has 1 heterocycles. The van der Waals surface area contributed by atoms with Crippen molar-refractivity contribution in [1.82, 2.24) is 4.90 Å². The van der Waals surface area contributed by atoms with E-state index in [1.54, 1.807) is 24.0 Å². The van der Waals surface area contributed by atoms with Gasteiger partial charge in [-0.15, -0.1) is 0 Å². The summed E-state index contributed by atoms with van der Waals surface area (Å²) in [5.74, 6) is -1.46. The van der Waals surface area contributed by atoms with Gasteiger partial charge in [-0.2, -0.15) is 0 Å². The summed E-state index contributed by atoms with van der Waals surface area (Å²) in [7, 11) is 0. The SMILES string of the molecule is C[C@@H](OC(=O)OCc1ccccc1[N+](=O)[O-])C1C(=O)N(CP(C(=O)OCc2ccccc2[N+](=O)[O-])(c2ccccc2)(c2ccccc2)c2ccccc2)C1(C)CC(=S)c1ccccc1. The number of β-lactam (4-membered cyclic amide) rings is 1. The standard InChI is InChI=1S/C49H44N3O10PS/c1-35(62-47(54)60-32-37-21-15-17-29-42(37)51(56)57)45-46(53)50(49(45,2)31-44(64)36-19-7-3-8-20-36)34-63(39-23-9-4-10-24-39,40-25-11-5-12-26-40,41-27-13-6-14-28-41)48(55)61-33-38-22-16-18-30-43(38)52(58)59/h3-30,35,45H,31-34H2,1-2H3/t35-,45?,49?/m1/s1. The molecule has 1 amide bonds. The second-order valence-corrected chi connectivity index (χ2v) is 21.0. The van der Waals surface area contributed by atoms with Crippen LogP contribution in [0.2, 0.25) is 0 Å². The Morgan fingerprint density at radius 1 is 0.672 bits per heavy atom. The normalized spacial score (nSPS) is 16.8. The first kappa shape index (κ1) is 44.9. The van der Waals surface area contributed by atoms with Crippen LogP contribution in [0.15, 0.2) is 170 Å². The van der Waals surface area contributed by atoms with Crippen LogP contribution in [0.25, 0.3) is 0 Å². The summed E-state index contributed by atoms with van der Waals surface area (Å²) in [5, 5.41) is 25.5. The first-order valence-corrected chi connectivity index (χ1v) is 23.2. The molecule has 3 atom stereocenters. The van der Waals surface area contributed by atoms with E-state index in [1.807, 2.05) is 128 Å². The van der Waals surface area contributed by atoms with Crippen LogP contribution < -0.4 is 15.9 Å². The van der Waals surface area contributed by atoms with Crippen LogP contribution in [0.4, 0.5) is 21.0 Å². The van der Waals surface area contributed by atoms with Gasteiger partial charge in [-0.3, -0.25) is 10.1 Å². The Hall–Kier alpha value is -7.15. The van der Waals surface area contributed by atoms with E-state index in [0.717, 1.165) is 5.56 Å². The van der Waals surface area contributed by atoms with E-state index in [9.17, 15) is 25.0 Å². The van der Waals surface area contributed by atoms with Crippen molar-refractivity contribution in [2.24, 2.45) is 5.92 Å². The topological polar surface area (TPSA) is 168 Å². The van der Waals surface area contributed by atoms with Crippen molar-refractivity contribution >= 4 is 68.7 Å². The van der Waals surface area contributed by atoms with Crippen molar-refractivity contribution < 1.29 is 38.4 Å². The molecule has 0 saturated carbocycles. The quantitative estimate of drug-likeness (QED) is 0.0163. The van der Waals surface area contributed by atoms with E-state index in [0.29, 0.717) is 20.8 Å². The van der Waals surface area contributed by atoms with E-state index < -0.39 is 65.0 Å². The molecule has 64 heavy (non-hydrogen) atoms. The number of carbonyl (C=O) groups excluding carboxylic acids is 3. The number of amides is 1. The second-order valence-electron chi connectivity index (χ2n) is 15.7. The number of likely N-dealkylation sites (tertiary alicyclic amines) is 1. The van der Waals surface area contributed by atoms with Gasteiger partial charge in [0.1, 0.15) is 0 Å². The van der Waals surface area contributed by atoms with Gasteiger partial charge in [0.15, 0.2) is 0 Å². The van der Waals surface area contributed by atoms with Gasteiger partial charge in [-0.1, -0.05) is 6.07 Å². The van der Waals surface area contributed by atoms with Gasteiger partial charge < -0.3 is 0 Å². The Morgan fingerprint density at radius 3 is 1.53 bits per heavy atom. The maximum absolute atomic E-state index is 16.1. The van der Waals surface area contributed by atoms with Crippen molar-refractivity contribution in [3.05, 3.63) is 207 Å². The second kappa shape index (κ2) is 18.7. The molecule has 1 fully saturated rings. The number of nitro groups is 2. The van der Waals surface area contributed by atoms with Crippen LogP contribution in [-0.2, 0) is 32.2 Å². The molecule has 1 saturated heterocycles. The van der Waals surface area contributed by atoms with E-state index in [-0.39, 0.29) is 35.2 Å². The van der Waals surface area contributed by atoms with E-state index >= 15 is 9.59 Å². The summed E-state index contributed by atoms with van der Waals surface area (Å²) in [6.45, 7) is -2.31. The summed E-state index contributed by atoms with van der Waals surface area (Å²) in [4.78, 5) is 69.4. The monoisotopic (exact) mass is 897 g/mol. The molecule has 1 aliphatic rings. The molecular weight excluding hydrogens is 854 g/mol. The average Bonchev–Trinajstić information content (AvgIpc) is 3.32. The third kappa shape index (κ3) is 8.13. The summed E-state index contributed by atoms with van der Waals surface area (Å²) < 4.78 is 17.6. The van der Waals surface area contributed by atoms with Crippen LogP contribution in [0.5, 0.6) is 0 Å². The van der Waals surface area contributed by atoms with Gasteiger partial charge >= 0.3 is 360 Å². The van der Waals surface area contributed by atoms with Gasteiger partial charge in [-0.25, -0.2) is 0 Å². The number of hydrogen-bond donors (Lipinski definition) is 0. The number of nitro benzene ring substituents is 2. The van der Waals surface area contributed by atoms with Gasteiger partial charge in [0.2, 0.25) is 0 Å². The summed E-state index contributed by atoms with van der Waals surface area (Å²) in [6, 6.07) is 48.6. The molecule has 0 N–H and O–H groups in total. The number of para-hydroxylation sites is 2. The molecule has 0 radical (unpaired) electrons. The summed E-state index contributed by atoms with van der Waals surface area (Å²) >= 11 is 6.09. The molecular formula is C49H44N3O10PS. The van der Waals surface area contributed by atoms with Crippen LogP contribution >= 0.6 is 18.8 Å². The van der Waals surface area contributed by atoms with Crippen molar-refractivity contribution in [2.45, 2.75) is 45.1 Å². The van der Waals surface area contributed by atoms with E-state index in [1.165, 1.54) is 36.4 Å². The van der Waals surface area contributed by atoms with Gasteiger partial charge in [0.25, 0.3) is 0 Å². The number of thiocarbonyl (C=S) groups is 1. The number of rotatable bonds is 17. The number of benzene rings is 6. The molecule has 0 bridgehead atoms. The van der Waals surface area contributed by atoms with E-state index in [4.69, 9.17) is 26.4 Å². The Balaban J connectivity index is 1.36. The zero-order valence-electron chi connectivity index (χ0n) is 34.9. The molecule has 0 spiro atoms. The molecule has 13 nitrogen and oxygen atoms in total. The predicted octanol–water partition coefficient (Wildman–Crippen LogP) is 9.39. The zero-order chi connectivity index (χ0) is 45.5. The van der Waals surface area contributed by atoms with E-state index in [2.05, 4.69) is 0 Å². The Kier molecular flexibility index (Phi) is 13.1.